The Hall–Kier alpha value is -1.81. The molecule has 1 saturated heterocycles. The second-order valence-corrected chi connectivity index (χ2v) is 5.55. The van der Waals surface area contributed by atoms with Crippen LogP contribution in [0.3, 0.4) is 0 Å². The van der Waals surface area contributed by atoms with Gasteiger partial charge in [-0.25, -0.2) is 9.37 Å². The lowest BCUT2D eigenvalue weighted by atomic mass is 10.2. The number of nitrogens with zero attached hydrogens (tertiary/aromatic N) is 3. The Balaban J connectivity index is 1.72. The molecule has 1 aliphatic rings. The molecule has 0 spiro atoms. The van der Waals surface area contributed by atoms with Gasteiger partial charge in [-0.2, -0.15) is 0 Å². The molecule has 0 amide bonds. The van der Waals surface area contributed by atoms with Gasteiger partial charge in [-0.05, 0) is 31.2 Å². The normalized spacial score (nSPS) is 15.4. The number of aromatic nitrogens is 1. The molecule has 0 bridgehead atoms. The summed E-state index contributed by atoms with van der Waals surface area (Å²) in [5.74, 6) is -0.157. The van der Waals surface area contributed by atoms with Crippen molar-refractivity contribution in [3.63, 3.8) is 0 Å². The molecule has 1 fully saturated rings. The Morgan fingerprint density at radius 3 is 2.19 bits per heavy atom. The van der Waals surface area contributed by atoms with Crippen LogP contribution in [0.25, 0.3) is 0 Å². The van der Waals surface area contributed by atoms with E-state index in [1.54, 1.807) is 6.07 Å². The molecule has 0 radical (unpaired) electrons. The summed E-state index contributed by atoms with van der Waals surface area (Å²) in [7, 11) is 0. The number of piperazine rings is 1. The van der Waals surface area contributed by atoms with Crippen LogP contribution in [-0.2, 0) is 0 Å². The lowest BCUT2D eigenvalue weighted by molar-refractivity contribution is 0.597. The van der Waals surface area contributed by atoms with Crippen molar-refractivity contribution in [2.45, 2.75) is 6.92 Å². The number of aryl methyl sites for hydroxylation is 1. The molecule has 0 saturated carbocycles. The van der Waals surface area contributed by atoms with Crippen molar-refractivity contribution in [1.29, 1.82) is 0 Å². The Kier molecular flexibility index (Phi) is 3.97. The maximum Gasteiger partial charge on any atom is 0.146 e. The van der Waals surface area contributed by atoms with Crippen LogP contribution in [0, 0.1) is 12.7 Å². The number of hydrogen-bond acceptors (Lipinski definition) is 3. The fourth-order valence-corrected chi connectivity index (χ4v) is 2.94. The summed E-state index contributed by atoms with van der Waals surface area (Å²) in [6.07, 6.45) is 0. The molecular weight excluding hydrogens is 289 g/mol. The summed E-state index contributed by atoms with van der Waals surface area (Å²) in [5.41, 5.74) is 2.72. The Morgan fingerprint density at radius 2 is 1.57 bits per heavy atom. The highest BCUT2D eigenvalue weighted by atomic mass is 35.5. The standard InChI is InChI=1S/C16H17ClFN3/c1-12-14(6-7-16(17)19-12)20-8-10-21(11-9-20)15-5-3-2-4-13(15)18/h2-7H,8-11H2,1H3. The summed E-state index contributed by atoms with van der Waals surface area (Å²) in [6.45, 7) is 5.24. The average molecular weight is 306 g/mol. The van der Waals surface area contributed by atoms with Gasteiger partial charge >= 0.3 is 0 Å². The summed E-state index contributed by atoms with van der Waals surface area (Å²) < 4.78 is 13.8. The van der Waals surface area contributed by atoms with E-state index >= 15 is 0 Å². The number of rotatable bonds is 2. The molecule has 0 atom stereocenters. The van der Waals surface area contributed by atoms with Crippen LogP contribution in [0.15, 0.2) is 36.4 Å². The molecule has 3 rings (SSSR count). The summed E-state index contributed by atoms with van der Waals surface area (Å²) in [6, 6.07) is 10.8. The second-order valence-electron chi connectivity index (χ2n) is 5.16. The minimum absolute atomic E-state index is 0.157. The van der Waals surface area contributed by atoms with E-state index in [0.717, 1.165) is 37.6 Å². The topological polar surface area (TPSA) is 19.4 Å². The molecule has 1 aliphatic heterocycles. The number of para-hydroxylation sites is 1. The lowest BCUT2D eigenvalue weighted by Crippen LogP contribution is -2.47. The molecule has 5 heteroatoms. The van der Waals surface area contributed by atoms with Gasteiger partial charge in [-0.1, -0.05) is 23.7 Å². The zero-order chi connectivity index (χ0) is 14.8. The average Bonchev–Trinajstić information content (AvgIpc) is 2.48. The molecular formula is C16H17ClFN3. The third-order valence-electron chi connectivity index (χ3n) is 3.84. The van der Waals surface area contributed by atoms with E-state index in [4.69, 9.17) is 11.6 Å². The van der Waals surface area contributed by atoms with Crippen molar-refractivity contribution in [1.82, 2.24) is 4.98 Å². The van der Waals surface area contributed by atoms with Gasteiger partial charge in [0.05, 0.1) is 17.1 Å². The van der Waals surface area contributed by atoms with Crippen LogP contribution < -0.4 is 9.80 Å². The first-order valence-corrected chi connectivity index (χ1v) is 7.40. The number of pyridine rings is 1. The van der Waals surface area contributed by atoms with E-state index < -0.39 is 0 Å². The van der Waals surface area contributed by atoms with Crippen LogP contribution in [-0.4, -0.2) is 31.2 Å². The highest BCUT2D eigenvalue weighted by Crippen LogP contribution is 2.25. The van der Waals surface area contributed by atoms with Gasteiger partial charge in [0.15, 0.2) is 0 Å². The molecule has 2 aromatic rings. The fraction of sp³-hybridized carbons (Fsp3) is 0.312. The zero-order valence-corrected chi connectivity index (χ0v) is 12.6. The van der Waals surface area contributed by atoms with Crippen molar-refractivity contribution >= 4 is 23.0 Å². The molecule has 3 nitrogen and oxygen atoms in total. The maximum atomic E-state index is 13.8. The van der Waals surface area contributed by atoms with Gasteiger partial charge in [0.2, 0.25) is 0 Å². The second kappa shape index (κ2) is 5.90. The first-order valence-electron chi connectivity index (χ1n) is 7.03. The van der Waals surface area contributed by atoms with Crippen molar-refractivity contribution in [3.05, 3.63) is 53.1 Å². The molecule has 0 aliphatic carbocycles. The van der Waals surface area contributed by atoms with Crippen LogP contribution in [0.2, 0.25) is 5.15 Å². The van der Waals surface area contributed by atoms with Crippen molar-refractivity contribution in [3.8, 4) is 0 Å². The smallest absolute Gasteiger partial charge is 0.146 e. The number of benzene rings is 1. The fourth-order valence-electron chi connectivity index (χ4n) is 2.75. The van der Waals surface area contributed by atoms with Crippen LogP contribution in [0.1, 0.15) is 5.69 Å². The Morgan fingerprint density at radius 1 is 0.952 bits per heavy atom. The summed E-state index contributed by atoms with van der Waals surface area (Å²) in [4.78, 5) is 8.65. The highest BCUT2D eigenvalue weighted by Gasteiger charge is 2.20. The van der Waals surface area contributed by atoms with E-state index in [1.165, 1.54) is 6.07 Å². The third kappa shape index (κ3) is 2.95. The third-order valence-corrected chi connectivity index (χ3v) is 4.05. The van der Waals surface area contributed by atoms with E-state index in [0.29, 0.717) is 10.8 Å². The monoisotopic (exact) mass is 305 g/mol. The molecule has 1 aromatic carbocycles. The first-order chi connectivity index (χ1) is 10.1. The minimum Gasteiger partial charge on any atom is -0.367 e. The maximum absolute atomic E-state index is 13.8. The van der Waals surface area contributed by atoms with Crippen LogP contribution in [0.5, 0.6) is 0 Å². The molecule has 110 valence electrons. The molecule has 0 N–H and O–H groups in total. The van der Waals surface area contributed by atoms with Crippen LogP contribution >= 0.6 is 11.6 Å². The van der Waals surface area contributed by atoms with E-state index in [9.17, 15) is 4.39 Å². The van der Waals surface area contributed by atoms with Crippen molar-refractivity contribution < 1.29 is 4.39 Å². The van der Waals surface area contributed by atoms with Gasteiger partial charge in [-0.15, -0.1) is 0 Å². The molecule has 21 heavy (non-hydrogen) atoms. The number of anilines is 2. The van der Waals surface area contributed by atoms with E-state index in [2.05, 4.69) is 14.8 Å². The number of halogens is 2. The lowest BCUT2D eigenvalue weighted by Gasteiger charge is -2.37. The van der Waals surface area contributed by atoms with E-state index in [1.807, 2.05) is 31.2 Å². The Bertz CT molecular complexity index is 639. The quantitative estimate of drug-likeness (QED) is 0.792. The van der Waals surface area contributed by atoms with Crippen LogP contribution in [0.4, 0.5) is 15.8 Å². The van der Waals surface area contributed by atoms with Gasteiger partial charge in [0.25, 0.3) is 0 Å². The predicted molar refractivity (Wildman–Crippen MR) is 84.8 cm³/mol. The molecule has 1 aromatic heterocycles. The van der Waals surface area contributed by atoms with Crippen molar-refractivity contribution in [2.75, 3.05) is 36.0 Å². The molecule has 2 heterocycles. The van der Waals surface area contributed by atoms with Gasteiger partial charge in [0.1, 0.15) is 11.0 Å². The number of hydrogen-bond donors (Lipinski definition) is 0. The minimum atomic E-state index is -0.157. The highest BCUT2D eigenvalue weighted by molar-refractivity contribution is 6.29. The largest absolute Gasteiger partial charge is 0.367 e. The van der Waals surface area contributed by atoms with E-state index in [-0.39, 0.29) is 5.82 Å². The van der Waals surface area contributed by atoms with Gasteiger partial charge < -0.3 is 9.80 Å². The zero-order valence-electron chi connectivity index (χ0n) is 11.9. The molecule has 0 unspecified atom stereocenters. The summed E-state index contributed by atoms with van der Waals surface area (Å²) >= 11 is 5.90. The first kappa shape index (κ1) is 14.1. The Labute approximate surface area is 129 Å². The SMILES string of the molecule is Cc1nc(Cl)ccc1N1CCN(c2ccccc2F)CC1. The van der Waals surface area contributed by atoms with Gasteiger partial charge in [0, 0.05) is 26.2 Å². The van der Waals surface area contributed by atoms with Gasteiger partial charge in [-0.3, -0.25) is 0 Å². The predicted octanol–water partition coefficient (Wildman–Crippen LogP) is 3.51. The summed E-state index contributed by atoms with van der Waals surface area (Å²) in [5, 5.41) is 0.515. The van der Waals surface area contributed by atoms with Crippen molar-refractivity contribution in [2.24, 2.45) is 0 Å².